The van der Waals surface area contributed by atoms with Crippen molar-refractivity contribution in [3.8, 4) is 0 Å². The molecule has 2 aliphatic rings. The molecule has 2 aliphatic heterocycles. The average molecular weight is 348 g/mol. The van der Waals surface area contributed by atoms with Crippen molar-refractivity contribution < 1.29 is 9.53 Å². The zero-order valence-electron chi connectivity index (χ0n) is 13.0. The highest BCUT2D eigenvalue weighted by Gasteiger charge is 2.38. The normalized spacial score (nSPS) is 22.8. The number of carbonyl (C=O) groups is 1. The summed E-state index contributed by atoms with van der Waals surface area (Å²) in [6.07, 6.45) is 5.54. The molecule has 1 saturated heterocycles. The molecule has 0 unspecified atom stereocenters. The Labute approximate surface area is 141 Å². The molecule has 9 nitrogen and oxygen atoms in total. The second-order valence-corrected chi connectivity index (χ2v) is 6.56. The Morgan fingerprint density at radius 3 is 3.12 bits per heavy atom. The number of thioether (sulfide) groups is 1. The van der Waals surface area contributed by atoms with E-state index >= 15 is 0 Å². The van der Waals surface area contributed by atoms with Crippen LogP contribution in [0.4, 0.5) is 0 Å². The first-order valence-electron chi connectivity index (χ1n) is 7.60. The molecule has 2 aromatic heterocycles. The van der Waals surface area contributed by atoms with Gasteiger partial charge in [-0.1, -0.05) is 17.0 Å². The molecule has 0 radical (unpaired) electrons. The minimum absolute atomic E-state index is 0.0125. The van der Waals surface area contributed by atoms with E-state index in [9.17, 15) is 9.59 Å². The third-order valence-corrected chi connectivity index (χ3v) is 5.01. The van der Waals surface area contributed by atoms with Gasteiger partial charge in [0.05, 0.1) is 30.6 Å². The van der Waals surface area contributed by atoms with Gasteiger partial charge in [0, 0.05) is 19.3 Å². The highest BCUT2D eigenvalue weighted by molar-refractivity contribution is 7.98. The van der Waals surface area contributed by atoms with Gasteiger partial charge in [-0.05, 0) is 12.7 Å². The predicted octanol–water partition coefficient (Wildman–Crippen LogP) is 0.0693. The van der Waals surface area contributed by atoms with Crippen LogP contribution in [0.5, 0.6) is 0 Å². The van der Waals surface area contributed by atoms with Crippen molar-refractivity contribution in [2.24, 2.45) is 0 Å². The summed E-state index contributed by atoms with van der Waals surface area (Å²) in [6.45, 7) is 1.46. The van der Waals surface area contributed by atoms with Crippen LogP contribution in [0.2, 0.25) is 0 Å². The number of likely N-dealkylation sites (tertiary alicyclic amines) is 1. The predicted molar refractivity (Wildman–Crippen MR) is 84.8 cm³/mol. The maximum atomic E-state index is 12.7. The molecule has 0 spiro atoms. The largest absolute Gasteiger partial charge is 0.370 e. The molecule has 126 valence electrons. The summed E-state index contributed by atoms with van der Waals surface area (Å²) in [5, 5.41) is 8.52. The Morgan fingerprint density at radius 2 is 2.33 bits per heavy atom. The molecule has 4 rings (SSSR count). The number of aromatic nitrogens is 5. The van der Waals surface area contributed by atoms with Crippen LogP contribution < -0.4 is 5.56 Å². The van der Waals surface area contributed by atoms with Crippen molar-refractivity contribution >= 4 is 17.7 Å². The maximum Gasteiger partial charge on any atom is 0.264 e. The number of hydrogen-bond acceptors (Lipinski definition) is 7. The third kappa shape index (κ3) is 2.51. The number of fused-ring (bicyclic) bond motifs is 3. The maximum absolute atomic E-state index is 12.7. The number of ether oxygens (including phenoxy) is 1. The molecular formula is C14H16N6O3S. The summed E-state index contributed by atoms with van der Waals surface area (Å²) in [4.78, 5) is 33.2. The van der Waals surface area contributed by atoms with E-state index in [1.54, 1.807) is 11.1 Å². The van der Waals surface area contributed by atoms with Gasteiger partial charge < -0.3 is 14.6 Å². The minimum atomic E-state index is -0.414. The molecule has 1 amide bonds. The molecule has 2 aromatic rings. The highest BCUT2D eigenvalue weighted by atomic mass is 32.2. The standard InChI is InChI=1S/C14H16N6O3S/c1-24-14-15-5-9(12(21)17-14)13(22)19-3-2-11-10(6-19)20-8(7-23-11)4-16-18-20/h4-5,10-11H,2-3,6-7H2,1H3,(H,15,17,21)/t10-,11+/m1/s1. The average Bonchev–Trinajstić information content (AvgIpc) is 3.09. The van der Waals surface area contributed by atoms with Gasteiger partial charge in [0.2, 0.25) is 0 Å². The van der Waals surface area contributed by atoms with Gasteiger partial charge in [-0.15, -0.1) is 5.10 Å². The second kappa shape index (κ2) is 6.02. The fourth-order valence-electron chi connectivity index (χ4n) is 3.17. The van der Waals surface area contributed by atoms with Crippen LogP contribution in [0.15, 0.2) is 22.3 Å². The molecule has 0 aliphatic carbocycles. The Bertz CT molecular complexity index is 834. The van der Waals surface area contributed by atoms with Crippen molar-refractivity contribution in [3.05, 3.63) is 34.0 Å². The number of piperidine rings is 1. The Kier molecular flexibility index (Phi) is 3.85. The van der Waals surface area contributed by atoms with Crippen molar-refractivity contribution in [2.45, 2.75) is 30.3 Å². The molecule has 1 N–H and O–H groups in total. The van der Waals surface area contributed by atoms with Gasteiger partial charge in [0.1, 0.15) is 5.56 Å². The lowest BCUT2D eigenvalue weighted by Crippen LogP contribution is -2.50. The zero-order chi connectivity index (χ0) is 16.7. The van der Waals surface area contributed by atoms with Crippen LogP contribution in [0.3, 0.4) is 0 Å². The summed E-state index contributed by atoms with van der Waals surface area (Å²) < 4.78 is 7.66. The molecule has 0 saturated carbocycles. The molecule has 24 heavy (non-hydrogen) atoms. The Morgan fingerprint density at radius 1 is 1.46 bits per heavy atom. The van der Waals surface area contributed by atoms with Crippen LogP contribution >= 0.6 is 11.8 Å². The zero-order valence-corrected chi connectivity index (χ0v) is 13.8. The molecule has 1 fully saturated rings. The van der Waals surface area contributed by atoms with Crippen molar-refractivity contribution in [1.82, 2.24) is 29.9 Å². The van der Waals surface area contributed by atoms with Gasteiger partial charge in [0.25, 0.3) is 11.5 Å². The third-order valence-electron chi connectivity index (χ3n) is 4.42. The van der Waals surface area contributed by atoms with E-state index in [0.29, 0.717) is 31.3 Å². The van der Waals surface area contributed by atoms with E-state index in [1.165, 1.54) is 18.0 Å². The molecule has 2 atom stereocenters. The second-order valence-electron chi connectivity index (χ2n) is 5.76. The van der Waals surface area contributed by atoms with E-state index in [-0.39, 0.29) is 23.6 Å². The van der Waals surface area contributed by atoms with Crippen molar-refractivity contribution in [1.29, 1.82) is 0 Å². The van der Waals surface area contributed by atoms with Gasteiger partial charge in [-0.25, -0.2) is 9.67 Å². The van der Waals surface area contributed by atoms with Gasteiger partial charge in [0.15, 0.2) is 5.16 Å². The van der Waals surface area contributed by atoms with Crippen LogP contribution in [0.1, 0.15) is 28.5 Å². The van der Waals surface area contributed by atoms with Gasteiger partial charge >= 0.3 is 0 Å². The quantitative estimate of drug-likeness (QED) is 0.604. The van der Waals surface area contributed by atoms with Crippen molar-refractivity contribution in [2.75, 3.05) is 19.3 Å². The van der Waals surface area contributed by atoms with Crippen LogP contribution in [0.25, 0.3) is 0 Å². The fraction of sp³-hybridized carbons (Fsp3) is 0.500. The lowest BCUT2D eigenvalue weighted by Gasteiger charge is -2.40. The smallest absolute Gasteiger partial charge is 0.264 e. The lowest BCUT2D eigenvalue weighted by atomic mass is 10.00. The first-order chi connectivity index (χ1) is 11.7. The molecule has 10 heteroatoms. The summed E-state index contributed by atoms with van der Waals surface area (Å²) in [5.74, 6) is -0.318. The highest BCUT2D eigenvalue weighted by Crippen LogP contribution is 2.30. The number of rotatable bonds is 2. The van der Waals surface area contributed by atoms with E-state index in [0.717, 1.165) is 5.69 Å². The van der Waals surface area contributed by atoms with Crippen LogP contribution in [0, 0.1) is 0 Å². The number of amides is 1. The number of aromatic amines is 1. The van der Waals surface area contributed by atoms with E-state index < -0.39 is 5.56 Å². The molecular weight excluding hydrogens is 332 g/mol. The number of nitrogens with one attached hydrogen (secondary N) is 1. The fourth-order valence-corrected chi connectivity index (χ4v) is 3.52. The molecule has 0 bridgehead atoms. The summed E-state index contributed by atoms with van der Waals surface area (Å²) in [6, 6.07) is -0.0774. The molecule has 4 heterocycles. The SMILES string of the molecule is CSc1ncc(C(=O)N2CC[C@@H]3OCc4cnnn4[C@@H]3C2)c(=O)[nH]1. The molecule has 0 aromatic carbocycles. The minimum Gasteiger partial charge on any atom is -0.370 e. The first-order valence-corrected chi connectivity index (χ1v) is 8.83. The number of hydrogen-bond donors (Lipinski definition) is 1. The summed E-state index contributed by atoms with van der Waals surface area (Å²) >= 11 is 1.32. The van der Waals surface area contributed by atoms with Gasteiger partial charge in [-0.3, -0.25) is 9.59 Å². The number of H-pyrrole nitrogens is 1. The Balaban J connectivity index is 1.58. The van der Waals surface area contributed by atoms with Crippen molar-refractivity contribution in [3.63, 3.8) is 0 Å². The number of carbonyl (C=O) groups excluding carboxylic acids is 1. The van der Waals surface area contributed by atoms with Gasteiger partial charge in [-0.2, -0.15) is 0 Å². The lowest BCUT2D eigenvalue weighted by molar-refractivity contribution is -0.0605. The van der Waals surface area contributed by atoms with E-state index in [1.807, 2.05) is 10.9 Å². The van der Waals surface area contributed by atoms with Crippen LogP contribution in [-0.2, 0) is 11.3 Å². The number of nitrogens with zero attached hydrogens (tertiary/aromatic N) is 5. The monoisotopic (exact) mass is 348 g/mol. The summed E-state index contributed by atoms with van der Waals surface area (Å²) in [5.41, 5.74) is 0.541. The van der Waals surface area contributed by atoms with E-state index in [2.05, 4.69) is 20.3 Å². The topological polar surface area (TPSA) is 106 Å². The van der Waals surface area contributed by atoms with E-state index in [4.69, 9.17) is 4.74 Å². The van der Waals surface area contributed by atoms with Crippen LogP contribution in [-0.4, -0.2) is 61.2 Å². The first kappa shape index (κ1) is 15.3. The summed E-state index contributed by atoms with van der Waals surface area (Å²) in [7, 11) is 0. The Hall–Kier alpha value is -2.20.